The Bertz CT molecular complexity index is 422. The number of amides is 1. The van der Waals surface area contributed by atoms with Crippen molar-refractivity contribution in [2.75, 3.05) is 17.2 Å². The van der Waals surface area contributed by atoms with Crippen LogP contribution in [-0.4, -0.2) is 28.5 Å². The second kappa shape index (κ2) is 4.57. The first kappa shape index (κ1) is 11.6. The third-order valence-corrected chi connectivity index (χ3v) is 3.27. The van der Waals surface area contributed by atoms with Crippen molar-refractivity contribution in [3.8, 4) is 0 Å². The van der Waals surface area contributed by atoms with Crippen LogP contribution in [0.15, 0.2) is 12.5 Å². The first-order valence-corrected chi connectivity index (χ1v) is 5.71. The fourth-order valence-electron chi connectivity index (χ4n) is 2.21. The van der Waals surface area contributed by atoms with Gasteiger partial charge in [-0.15, -0.1) is 0 Å². The fraction of sp³-hybridized carbons (Fsp3) is 0.545. The molecular formula is C11H17N5O. The van der Waals surface area contributed by atoms with E-state index in [2.05, 4.69) is 16.9 Å². The SMILES string of the molecule is CC1CCC(C(N)=O)CN1c1ncncc1N. The largest absolute Gasteiger partial charge is 0.394 e. The molecule has 0 aliphatic carbocycles. The number of aromatic nitrogens is 2. The molecule has 0 aromatic carbocycles. The van der Waals surface area contributed by atoms with Crippen LogP contribution in [0, 0.1) is 5.92 Å². The van der Waals surface area contributed by atoms with Gasteiger partial charge in [-0.05, 0) is 19.8 Å². The number of anilines is 2. The number of carbonyl (C=O) groups is 1. The van der Waals surface area contributed by atoms with Crippen molar-refractivity contribution in [1.82, 2.24) is 9.97 Å². The number of piperidine rings is 1. The van der Waals surface area contributed by atoms with Gasteiger partial charge in [-0.25, -0.2) is 9.97 Å². The fourth-order valence-corrected chi connectivity index (χ4v) is 2.21. The summed E-state index contributed by atoms with van der Waals surface area (Å²) in [6.45, 7) is 2.68. The lowest BCUT2D eigenvalue weighted by molar-refractivity contribution is -0.122. The molecule has 2 unspecified atom stereocenters. The van der Waals surface area contributed by atoms with Crippen LogP contribution in [0.5, 0.6) is 0 Å². The van der Waals surface area contributed by atoms with Gasteiger partial charge in [0, 0.05) is 12.6 Å². The predicted molar refractivity (Wildman–Crippen MR) is 65.2 cm³/mol. The van der Waals surface area contributed by atoms with Crippen LogP contribution >= 0.6 is 0 Å². The molecular weight excluding hydrogens is 218 g/mol. The van der Waals surface area contributed by atoms with E-state index in [0.717, 1.165) is 12.8 Å². The van der Waals surface area contributed by atoms with Crippen molar-refractivity contribution in [3.63, 3.8) is 0 Å². The van der Waals surface area contributed by atoms with E-state index in [-0.39, 0.29) is 11.8 Å². The Morgan fingerprint density at radius 2 is 2.29 bits per heavy atom. The summed E-state index contributed by atoms with van der Waals surface area (Å²) in [4.78, 5) is 21.3. The molecule has 1 aromatic rings. The molecule has 6 heteroatoms. The van der Waals surface area contributed by atoms with Crippen LogP contribution < -0.4 is 16.4 Å². The number of nitrogen functional groups attached to an aromatic ring is 1. The number of carbonyl (C=O) groups excluding carboxylic acids is 1. The van der Waals surface area contributed by atoms with Gasteiger partial charge < -0.3 is 16.4 Å². The second-order valence-electron chi connectivity index (χ2n) is 4.48. The van der Waals surface area contributed by atoms with Gasteiger partial charge >= 0.3 is 0 Å². The lowest BCUT2D eigenvalue weighted by atomic mass is 9.93. The maximum Gasteiger partial charge on any atom is 0.222 e. The van der Waals surface area contributed by atoms with Crippen LogP contribution in [0.4, 0.5) is 11.5 Å². The molecule has 4 N–H and O–H groups in total. The summed E-state index contributed by atoms with van der Waals surface area (Å²) in [5.74, 6) is 0.313. The minimum atomic E-state index is -0.255. The predicted octanol–water partition coefficient (Wildman–Crippen LogP) is 0.149. The molecule has 2 rings (SSSR count). The first-order chi connectivity index (χ1) is 8.09. The summed E-state index contributed by atoms with van der Waals surface area (Å²) in [6, 6.07) is 0.308. The maximum absolute atomic E-state index is 11.3. The molecule has 2 heterocycles. The average molecular weight is 235 g/mol. The van der Waals surface area contributed by atoms with E-state index >= 15 is 0 Å². The summed E-state index contributed by atoms with van der Waals surface area (Å²) in [6.07, 6.45) is 4.78. The Labute approximate surface area is 100 Å². The van der Waals surface area contributed by atoms with Crippen molar-refractivity contribution in [1.29, 1.82) is 0 Å². The van der Waals surface area contributed by atoms with Crippen molar-refractivity contribution in [2.24, 2.45) is 11.7 Å². The van der Waals surface area contributed by atoms with Crippen molar-refractivity contribution >= 4 is 17.4 Å². The van der Waals surface area contributed by atoms with E-state index in [9.17, 15) is 4.79 Å². The second-order valence-corrected chi connectivity index (χ2v) is 4.48. The minimum Gasteiger partial charge on any atom is -0.394 e. The van der Waals surface area contributed by atoms with E-state index in [0.29, 0.717) is 24.1 Å². The molecule has 0 bridgehead atoms. The van der Waals surface area contributed by atoms with Gasteiger partial charge in [0.15, 0.2) is 5.82 Å². The molecule has 1 amide bonds. The van der Waals surface area contributed by atoms with Gasteiger partial charge in [0.2, 0.25) is 5.91 Å². The van der Waals surface area contributed by atoms with Crippen molar-refractivity contribution in [2.45, 2.75) is 25.8 Å². The Balaban J connectivity index is 2.24. The van der Waals surface area contributed by atoms with E-state index < -0.39 is 0 Å². The van der Waals surface area contributed by atoms with Gasteiger partial charge in [0.05, 0.1) is 17.8 Å². The van der Waals surface area contributed by atoms with E-state index in [4.69, 9.17) is 11.5 Å². The monoisotopic (exact) mass is 235 g/mol. The topological polar surface area (TPSA) is 98.1 Å². The normalized spacial score (nSPS) is 24.6. The van der Waals surface area contributed by atoms with Crippen LogP contribution in [-0.2, 0) is 4.79 Å². The molecule has 0 saturated carbocycles. The third kappa shape index (κ3) is 2.30. The summed E-state index contributed by atoms with van der Waals surface area (Å²) in [7, 11) is 0. The van der Waals surface area contributed by atoms with Crippen LogP contribution in [0.1, 0.15) is 19.8 Å². The quantitative estimate of drug-likeness (QED) is 0.760. The third-order valence-electron chi connectivity index (χ3n) is 3.27. The van der Waals surface area contributed by atoms with E-state index in [1.165, 1.54) is 6.33 Å². The van der Waals surface area contributed by atoms with Gasteiger partial charge in [-0.1, -0.05) is 0 Å². The molecule has 1 fully saturated rings. The molecule has 17 heavy (non-hydrogen) atoms. The Morgan fingerprint density at radius 3 is 2.94 bits per heavy atom. The number of nitrogens with zero attached hydrogens (tertiary/aromatic N) is 3. The molecule has 1 aliphatic heterocycles. The highest BCUT2D eigenvalue weighted by atomic mass is 16.1. The highest BCUT2D eigenvalue weighted by Crippen LogP contribution is 2.28. The number of hydrogen-bond acceptors (Lipinski definition) is 5. The highest BCUT2D eigenvalue weighted by molar-refractivity contribution is 5.78. The zero-order valence-electron chi connectivity index (χ0n) is 9.84. The number of nitrogens with two attached hydrogens (primary N) is 2. The summed E-state index contributed by atoms with van der Waals surface area (Å²) < 4.78 is 0. The van der Waals surface area contributed by atoms with Gasteiger partial charge in [0.25, 0.3) is 0 Å². The van der Waals surface area contributed by atoms with Crippen LogP contribution in [0.2, 0.25) is 0 Å². The molecule has 1 saturated heterocycles. The lowest BCUT2D eigenvalue weighted by Gasteiger charge is -2.38. The Kier molecular flexibility index (Phi) is 3.12. The van der Waals surface area contributed by atoms with Crippen LogP contribution in [0.3, 0.4) is 0 Å². The Hall–Kier alpha value is -1.85. The molecule has 92 valence electrons. The molecule has 0 spiro atoms. The van der Waals surface area contributed by atoms with Gasteiger partial charge in [0.1, 0.15) is 6.33 Å². The zero-order valence-corrected chi connectivity index (χ0v) is 9.84. The van der Waals surface area contributed by atoms with E-state index in [1.807, 2.05) is 4.90 Å². The number of primary amides is 1. The number of hydrogen-bond donors (Lipinski definition) is 2. The van der Waals surface area contributed by atoms with E-state index in [1.54, 1.807) is 6.20 Å². The minimum absolute atomic E-state index is 0.124. The lowest BCUT2D eigenvalue weighted by Crippen LogP contribution is -2.46. The van der Waals surface area contributed by atoms with Crippen molar-refractivity contribution < 1.29 is 4.79 Å². The summed E-state index contributed by atoms with van der Waals surface area (Å²) in [5.41, 5.74) is 11.7. The number of rotatable bonds is 2. The summed E-state index contributed by atoms with van der Waals surface area (Å²) in [5, 5.41) is 0. The first-order valence-electron chi connectivity index (χ1n) is 5.71. The summed E-state index contributed by atoms with van der Waals surface area (Å²) >= 11 is 0. The maximum atomic E-state index is 11.3. The zero-order chi connectivity index (χ0) is 12.4. The standard InChI is InChI=1S/C11H17N5O/c1-7-2-3-8(10(13)17)5-16(7)11-9(12)4-14-6-15-11/h4,6-8H,2-3,5,12H2,1H3,(H2,13,17). The molecule has 2 atom stereocenters. The molecule has 6 nitrogen and oxygen atoms in total. The molecule has 1 aliphatic rings. The van der Waals surface area contributed by atoms with Crippen molar-refractivity contribution in [3.05, 3.63) is 12.5 Å². The van der Waals surface area contributed by atoms with Gasteiger partial charge in [-0.3, -0.25) is 4.79 Å². The van der Waals surface area contributed by atoms with Gasteiger partial charge in [-0.2, -0.15) is 0 Å². The smallest absolute Gasteiger partial charge is 0.222 e. The average Bonchev–Trinajstić information content (AvgIpc) is 2.30. The van der Waals surface area contributed by atoms with Crippen LogP contribution in [0.25, 0.3) is 0 Å². The molecule has 1 aromatic heterocycles. The highest BCUT2D eigenvalue weighted by Gasteiger charge is 2.30. The Morgan fingerprint density at radius 1 is 1.53 bits per heavy atom. The molecule has 0 radical (unpaired) electrons.